The molecule has 2 aromatic rings. The lowest BCUT2D eigenvalue weighted by molar-refractivity contribution is -0.136. The molecular weight excluding hydrogens is 412 g/mol. The first-order valence-corrected chi connectivity index (χ1v) is 12.0. The Morgan fingerprint density at radius 2 is 2.06 bits per heavy atom. The van der Waals surface area contributed by atoms with Gasteiger partial charge in [0.05, 0.1) is 16.3 Å². The van der Waals surface area contributed by atoms with Crippen molar-refractivity contribution in [2.45, 2.75) is 39.2 Å². The summed E-state index contributed by atoms with van der Waals surface area (Å²) in [6, 6.07) is 0.166. The molecule has 0 radical (unpaired) electrons. The molecule has 0 aliphatic carbocycles. The summed E-state index contributed by atoms with van der Waals surface area (Å²) in [5, 5.41) is 0.998. The van der Waals surface area contributed by atoms with Gasteiger partial charge in [-0.15, -0.1) is 11.8 Å². The number of thioether (sulfide) groups is 1. The lowest BCUT2D eigenvalue weighted by Gasteiger charge is -2.39. The number of amides is 2. The quantitative estimate of drug-likeness (QED) is 0.789. The highest BCUT2D eigenvalue weighted by Gasteiger charge is 2.41. The Morgan fingerprint density at radius 1 is 1.23 bits per heavy atom. The van der Waals surface area contributed by atoms with Crippen molar-refractivity contribution >= 4 is 40.4 Å². The molecule has 5 rings (SSSR count). The number of rotatable bonds is 3. The summed E-state index contributed by atoms with van der Waals surface area (Å²) in [5.74, 6) is 2.46. The summed E-state index contributed by atoms with van der Waals surface area (Å²) < 4.78 is 0. The molecule has 9 heteroatoms. The van der Waals surface area contributed by atoms with Gasteiger partial charge in [0.25, 0.3) is 5.91 Å². The van der Waals surface area contributed by atoms with Crippen molar-refractivity contribution in [3.05, 3.63) is 29.2 Å². The van der Waals surface area contributed by atoms with E-state index in [0.717, 1.165) is 65.5 Å². The van der Waals surface area contributed by atoms with Gasteiger partial charge in [-0.25, -0.2) is 9.97 Å². The summed E-state index contributed by atoms with van der Waals surface area (Å²) in [5.41, 5.74) is 1.90. The lowest BCUT2D eigenvalue weighted by atomic mass is 9.92. The van der Waals surface area contributed by atoms with Gasteiger partial charge in [-0.1, -0.05) is 6.92 Å². The zero-order chi connectivity index (χ0) is 21.5. The van der Waals surface area contributed by atoms with Crippen molar-refractivity contribution in [2.24, 2.45) is 5.92 Å². The van der Waals surface area contributed by atoms with Gasteiger partial charge in [-0.3, -0.25) is 9.59 Å². The summed E-state index contributed by atoms with van der Waals surface area (Å²) in [6.07, 6.45) is 8.00. The monoisotopic (exact) mass is 440 g/mol. The van der Waals surface area contributed by atoms with Crippen LogP contribution < -0.4 is 4.90 Å². The average molecular weight is 441 g/mol. The van der Waals surface area contributed by atoms with Crippen molar-refractivity contribution in [1.82, 2.24) is 24.8 Å². The van der Waals surface area contributed by atoms with Gasteiger partial charge in [-0.2, -0.15) is 0 Å². The Morgan fingerprint density at radius 3 is 2.90 bits per heavy atom. The number of hydrogen-bond donors (Lipinski definition) is 1. The zero-order valence-electron chi connectivity index (χ0n) is 18.0. The van der Waals surface area contributed by atoms with E-state index >= 15 is 0 Å². The van der Waals surface area contributed by atoms with Crippen LogP contribution >= 0.6 is 11.8 Å². The van der Waals surface area contributed by atoms with Crippen LogP contribution in [0.4, 0.5) is 5.82 Å². The molecule has 2 atom stereocenters. The number of fused-ring (bicyclic) bond motifs is 2. The first-order chi connectivity index (χ1) is 15.1. The number of carbonyl (C=O) groups is 2. The maximum Gasteiger partial charge on any atom is 0.261 e. The molecule has 0 aromatic carbocycles. The molecule has 0 unspecified atom stereocenters. The van der Waals surface area contributed by atoms with Crippen molar-refractivity contribution in [3.8, 4) is 0 Å². The fraction of sp³-hybridized carbons (Fsp3) is 0.545. The summed E-state index contributed by atoms with van der Waals surface area (Å²) >= 11 is 1.61. The van der Waals surface area contributed by atoms with Crippen molar-refractivity contribution in [1.29, 1.82) is 0 Å². The van der Waals surface area contributed by atoms with E-state index in [1.54, 1.807) is 18.1 Å². The van der Waals surface area contributed by atoms with E-state index < -0.39 is 0 Å². The fourth-order valence-corrected chi connectivity index (χ4v) is 6.05. The van der Waals surface area contributed by atoms with Crippen LogP contribution in [0.15, 0.2) is 23.6 Å². The Labute approximate surface area is 186 Å². The Bertz CT molecular complexity index is 1050. The zero-order valence-corrected chi connectivity index (χ0v) is 18.8. The van der Waals surface area contributed by atoms with Crippen LogP contribution in [0.3, 0.4) is 0 Å². The van der Waals surface area contributed by atoms with E-state index in [1.807, 2.05) is 36.0 Å². The molecule has 8 nitrogen and oxygen atoms in total. The third-order valence-electron chi connectivity index (χ3n) is 6.77. The molecule has 1 N–H and O–H groups in total. The Kier molecular flexibility index (Phi) is 5.37. The topological polar surface area (TPSA) is 85.4 Å². The fourth-order valence-electron chi connectivity index (χ4n) is 5.09. The van der Waals surface area contributed by atoms with Crippen molar-refractivity contribution in [3.63, 3.8) is 0 Å². The molecule has 3 aliphatic rings. The minimum atomic E-state index is 0.0695. The van der Waals surface area contributed by atoms with Crippen LogP contribution in [-0.2, 0) is 9.59 Å². The molecule has 2 amide bonds. The number of nitrogens with one attached hydrogen (secondary N) is 1. The number of carbonyl (C=O) groups excluding carboxylic acids is 2. The van der Waals surface area contributed by atoms with E-state index in [2.05, 4.69) is 19.9 Å². The normalized spacial score (nSPS) is 23.8. The molecule has 0 spiro atoms. The molecule has 2 saturated heterocycles. The highest BCUT2D eigenvalue weighted by Crippen LogP contribution is 2.35. The number of hydrogen-bond acceptors (Lipinski definition) is 6. The number of aryl methyl sites for hydroxylation is 1. The van der Waals surface area contributed by atoms with E-state index in [4.69, 9.17) is 0 Å². The third kappa shape index (κ3) is 3.58. The molecule has 3 aliphatic heterocycles. The van der Waals surface area contributed by atoms with Crippen LogP contribution in [0.2, 0.25) is 0 Å². The highest BCUT2D eigenvalue weighted by atomic mass is 32.2. The first kappa shape index (κ1) is 20.4. The number of aromatic nitrogens is 3. The lowest BCUT2D eigenvalue weighted by Crippen LogP contribution is -2.51. The van der Waals surface area contributed by atoms with Gasteiger partial charge in [-0.05, 0) is 31.2 Å². The number of nitrogens with zero attached hydrogens (tertiary/aromatic N) is 5. The van der Waals surface area contributed by atoms with Crippen LogP contribution in [0, 0.1) is 12.8 Å². The maximum absolute atomic E-state index is 13.4. The van der Waals surface area contributed by atoms with Gasteiger partial charge in [0.1, 0.15) is 17.8 Å². The number of piperidine rings is 1. The van der Waals surface area contributed by atoms with E-state index in [0.29, 0.717) is 18.9 Å². The van der Waals surface area contributed by atoms with Gasteiger partial charge in [0, 0.05) is 50.7 Å². The second-order valence-corrected chi connectivity index (χ2v) is 9.66. The summed E-state index contributed by atoms with van der Waals surface area (Å²) in [7, 11) is 0. The minimum absolute atomic E-state index is 0.0695. The predicted octanol–water partition coefficient (Wildman–Crippen LogP) is 2.52. The van der Waals surface area contributed by atoms with Crippen LogP contribution in [-0.4, -0.2) is 74.5 Å². The molecule has 2 fully saturated rings. The van der Waals surface area contributed by atoms with Crippen molar-refractivity contribution in [2.75, 3.05) is 36.8 Å². The molecular formula is C22H28N6O2S. The van der Waals surface area contributed by atoms with Gasteiger partial charge in [0.15, 0.2) is 0 Å². The van der Waals surface area contributed by atoms with Gasteiger partial charge < -0.3 is 19.7 Å². The van der Waals surface area contributed by atoms with Crippen LogP contribution in [0.5, 0.6) is 0 Å². The third-order valence-corrected chi connectivity index (χ3v) is 7.74. The number of H-pyrrole nitrogens is 1. The van der Waals surface area contributed by atoms with E-state index in [9.17, 15) is 9.59 Å². The summed E-state index contributed by atoms with van der Waals surface area (Å²) in [4.78, 5) is 44.6. The maximum atomic E-state index is 13.4. The van der Waals surface area contributed by atoms with Crippen molar-refractivity contribution < 1.29 is 9.59 Å². The highest BCUT2D eigenvalue weighted by molar-refractivity contribution is 8.04. The first-order valence-electron chi connectivity index (χ1n) is 11.1. The Balaban J connectivity index is 1.37. The van der Waals surface area contributed by atoms with Gasteiger partial charge >= 0.3 is 0 Å². The average Bonchev–Trinajstić information content (AvgIpc) is 3.41. The summed E-state index contributed by atoms with van der Waals surface area (Å²) in [6.45, 7) is 6.98. The number of anilines is 1. The predicted molar refractivity (Wildman–Crippen MR) is 122 cm³/mol. The largest absolute Gasteiger partial charge is 0.346 e. The van der Waals surface area contributed by atoms with Crippen LogP contribution in [0.25, 0.3) is 11.0 Å². The molecule has 0 saturated carbocycles. The smallest absolute Gasteiger partial charge is 0.261 e. The van der Waals surface area contributed by atoms with Crippen LogP contribution in [0.1, 0.15) is 31.7 Å². The second-order valence-electron chi connectivity index (χ2n) is 8.52. The molecule has 164 valence electrons. The SMILES string of the molecule is CCC(=O)N1CC[C@@H]2CCN(C(=O)C3=CN(c4ncnc5[nH]cc(C)c45)CCS3)C[C@@H]21. The Hall–Kier alpha value is -2.55. The standard InChI is InChI=1S/C22H28N6O2S/c1-3-18(29)28-7-5-15-4-6-27(11-16(15)28)22(30)17-12-26(8-9-31-17)21-19-14(2)10-23-20(19)24-13-25-21/h10,12-13,15-16H,3-9,11H2,1-2H3,(H,23,24,25)/t15-,16-/m0/s1. The molecule has 5 heterocycles. The van der Waals surface area contributed by atoms with Gasteiger partial charge in [0.2, 0.25) is 5.91 Å². The number of likely N-dealkylation sites (tertiary alicyclic amines) is 2. The number of aromatic amines is 1. The molecule has 0 bridgehead atoms. The van der Waals surface area contributed by atoms with E-state index in [-0.39, 0.29) is 17.9 Å². The molecule has 2 aromatic heterocycles. The second kappa shape index (κ2) is 8.18. The minimum Gasteiger partial charge on any atom is -0.346 e. The van der Waals surface area contributed by atoms with E-state index in [1.165, 1.54) is 0 Å². The molecule has 31 heavy (non-hydrogen) atoms.